The van der Waals surface area contributed by atoms with Gasteiger partial charge in [0.15, 0.2) is 0 Å². The van der Waals surface area contributed by atoms with Crippen LogP contribution in [0.4, 0.5) is 0 Å². The summed E-state index contributed by atoms with van der Waals surface area (Å²) in [5.41, 5.74) is 8.04. The molecule has 5 heteroatoms. The van der Waals surface area contributed by atoms with E-state index in [1.54, 1.807) is 19.2 Å². The lowest BCUT2D eigenvalue weighted by Crippen LogP contribution is -2.32. The average Bonchev–Trinajstić information content (AvgIpc) is 2.97. The highest BCUT2D eigenvalue weighted by Gasteiger charge is 2.34. The van der Waals surface area contributed by atoms with E-state index in [9.17, 15) is 4.79 Å². The summed E-state index contributed by atoms with van der Waals surface area (Å²) in [5.74, 6) is 0.760. The minimum Gasteiger partial charge on any atom is -0.496 e. The van der Waals surface area contributed by atoms with E-state index in [1.165, 1.54) is 5.56 Å². The molecule has 122 valence electrons. The SMILES string of the molecule is COc1ccccc1C(=O)N1C[C@@H](N)[C@H](c2ccccc2)C1.Cl. The number of nitrogens with zero attached hydrogens (tertiary/aromatic N) is 1. The Morgan fingerprint density at radius 1 is 1.09 bits per heavy atom. The molecule has 3 rings (SSSR count). The summed E-state index contributed by atoms with van der Waals surface area (Å²) in [5, 5.41) is 0. The molecule has 0 bridgehead atoms. The van der Waals surface area contributed by atoms with Gasteiger partial charge in [0, 0.05) is 25.0 Å². The van der Waals surface area contributed by atoms with Crippen LogP contribution in [-0.4, -0.2) is 37.0 Å². The second-order valence-corrected chi connectivity index (χ2v) is 5.59. The van der Waals surface area contributed by atoms with Gasteiger partial charge in [0.25, 0.3) is 5.91 Å². The number of likely N-dealkylation sites (tertiary alicyclic amines) is 1. The minimum atomic E-state index is -0.0407. The molecule has 0 aromatic heterocycles. The molecule has 0 aliphatic carbocycles. The fourth-order valence-electron chi connectivity index (χ4n) is 3.04. The minimum absolute atomic E-state index is 0. The highest BCUT2D eigenvalue weighted by molar-refractivity contribution is 5.97. The van der Waals surface area contributed by atoms with Crippen molar-refractivity contribution in [2.45, 2.75) is 12.0 Å². The van der Waals surface area contributed by atoms with Gasteiger partial charge in [0.2, 0.25) is 0 Å². The first-order valence-corrected chi connectivity index (χ1v) is 7.43. The van der Waals surface area contributed by atoms with E-state index in [0.717, 1.165) is 0 Å². The zero-order valence-corrected chi connectivity index (χ0v) is 13.8. The van der Waals surface area contributed by atoms with Crippen LogP contribution in [0.3, 0.4) is 0 Å². The predicted octanol–water partition coefficient (Wildman–Crippen LogP) is 2.68. The smallest absolute Gasteiger partial charge is 0.257 e. The van der Waals surface area contributed by atoms with Gasteiger partial charge in [-0.05, 0) is 17.7 Å². The number of amides is 1. The van der Waals surface area contributed by atoms with Crippen molar-refractivity contribution in [1.29, 1.82) is 0 Å². The van der Waals surface area contributed by atoms with E-state index in [-0.39, 0.29) is 30.3 Å². The predicted molar refractivity (Wildman–Crippen MR) is 93.3 cm³/mol. The Kier molecular flexibility index (Phi) is 5.64. The molecule has 0 unspecified atom stereocenters. The first-order chi connectivity index (χ1) is 10.7. The van der Waals surface area contributed by atoms with Crippen molar-refractivity contribution < 1.29 is 9.53 Å². The van der Waals surface area contributed by atoms with Crippen LogP contribution in [-0.2, 0) is 0 Å². The van der Waals surface area contributed by atoms with Crippen molar-refractivity contribution in [2.75, 3.05) is 20.2 Å². The van der Waals surface area contributed by atoms with Crippen molar-refractivity contribution in [2.24, 2.45) is 5.73 Å². The molecule has 1 aliphatic rings. The zero-order valence-electron chi connectivity index (χ0n) is 13.0. The molecular weight excluding hydrogens is 312 g/mol. The number of halogens is 1. The normalized spacial score (nSPS) is 20.0. The van der Waals surface area contributed by atoms with Crippen LogP contribution in [0.25, 0.3) is 0 Å². The van der Waals surface area contributed by atoms with Crippen LogP contribution in [0, 0.1) is 0 Å². The monoisotopic (exact) mass is 332 g/mol. The Balaban J connectivity index is 0.00000192. The van der Waals surface area contributed by atoms with Gasteiger partial charge in [-0.3, -0.25) is 4.79 Å². The third kappa shape index (κ3) is 3.49. The van der Waals surface area contributed by atoms with E-state index in [1.807, 2.05) is 35.2 Å². The summed E-state index contributed by atoms with van der Waals surface area (Å²) in [7, 11) is 1.58. The molecule has 0 radical (unpaired) electrons. The first kappa shape index (κ1) is 17.3. The standard InChI is InChI=1S/C18H20N2O2.ClH/c1-22-17-10-6-5-9-14(17)18(21)20-11-15(16(19)12-20)13-7-3-2-4-8-13;/h2-10,15-16H,11-12,19H2,1H3;1H/t15-,16+;/m0./s1. The lowest BCUT2D eigenvalue weighted by atomic mass is 9.95. The average molecular weight is 333 g/mol. The summed E-state index contributed by atoms with van der Waals surface area (Å²) in [4.78, 5) is 14.6. The molecule has 1 heterocycles. The fourth-order valence-corrected chi connectivity index (χ4v) is 3.04. The van der Waals surface area contributed by atoms with Crippen molar-refractivity contribution >= 4 is 18.3 Å². The van der Waals surface area contributed by atoms with Crippen LogP contribution in [0.1, 0.15) is 21.8 Å². The van der Waals surface area contributed by atoms with Gasteiger partial charge in [-0.2, -0.15) is 0 Å². The van der Waals surface area contributed by atoms with Crippen molar-refractivity contribution in [1.82, 2.24) is 4.90 Å². The topological polar surface area (TPSA) is 55.6 Å². The number of ether oxygens (including phenoxy) is 1. The molecule has 2 atom stereocenters. The number of carbonyl (C=O) groups excluding carboxylic acids is 1. The third-order valence-electron chi connectivity index (χ3n) is 4.22. The van der Waals surface area contributed by atoms with Gasteiger partial charge in [-0.15, -0.1) is 12.4 Å². The van der Waals surface area contributed by atoms with Crippen molar-refractivity contribution in [3.05, 3.63) is 65.7 Å². The molecule has 2 N–H and O–H groups in total. The Morgan fingerprint density at radius 2 is 1.74 bits per heavy atom. The van der Waals surface area contributed by atoms with Gasteiger partial charge in [0.05, 0.1) is 12.7 Å². The molecule has 1 fully saturated rings. The molecule has 4 nitrogen and oxygen atoms in total. The maximum absolute atomic E-state index is 12.7. The highest BCUT2D eigenvalue weighted by Crippen LogP contribution is 2.29. The summed E-state index contributed by atoms with van der Waals surface area (Å²) in [6.45, 7) is 1.21. The van der Waals surface area contributed by atoms with E-state index >= 15 is 0 Å². The number of benzene rings is 2. The Morgan fingerprint density at radius 3 is 2.43 bits per heavy atom. The van der Waals surface area contributed by atoms with Gasteiger partial charge in [-0.25, -0.2) is 0 Å². The maximum atomic E-state index is 12.7. The maximum Gasteiger partial charge on any atom is 0.257 e. The second-order valence-electron chi connectivity index (χ2n) is 5.59. The number of methoxy groups -OCH3 is 1. The molecular formula is C18H21ClN2O2. The quantitative estimate of drug-likeness (QED) is 0.940. The van der Waals surface area contributed by atoms with Gasteiger partial charge >= 0.3 is 0 Å². The van der Waals surface area contributed by atoms with Gasteiger partial charge in [-0.1, -0.05) is 42.5 Å². The Labute approximate surface area is 142 Å². The molecule has 23 heavy (non-hydrogen) atoms. The lowest BCUT2D eigenvalue weighted by Gasteiger charge is -2.18. The first-order valence-electron chi connectivity index (χ1n) is 7.43. The van der Waals surface area contributed by atoms with E-state index in [4.69, 9.17) is 10.5 Å². The zero-order chi connectivity index (χ0) is 15.5. The lowest BCUT2D eigenvalue weighted by molar-refractivity contribution is 0.0786. The summed E-state index contributed by atoms with van der Waals surface area (Å²) in [6.07, 6.45) is 0. The van der Waals surface area contributed by atoms with Crippen LogP contribution in [0.2, 0.25) is 0 Å². The van der Waals surface area contributed by atoms with Crippen molar-refractivity contribution in [3.8, 4) is 5.75 Å². The Bertz CT molecular complexity index is 663. The van der Waals surface area contributed by atoms with E-state index in [0.29, 0.717) is 24.4 Å². The number of carbonyl (C=O) groups is 1. The third-order valence-corrected chi connectivity index (χ3v) is 4.22. The molecule has 1 aliphatic heterocycles. The largest absolute Gasteiger partial charge is 0.496 e. The van der Waals surface area contributed by atoms with Gasteiger partial charge < -0.3 is 15.4 Å². The molecule has 0 spiro atoms. The van der Waals surface area contributed by atoms with E-state index in [2.05, 4.69) is 12.1 Å². The molecule has 2 aromatic rings. The number of para-hydroxylation sites is 1. The van der Waals surface area contributed by atoms with Crippen LogP contribution in [0.15, 0.2) is 54.6 Å². The Hall–Kier alpha value is -2.04. The summed E-state index contributed by atoms with van der Waals surface area (Å²) < 4.78 is 5.29. The number of hydrogen-bond donors (Lipinski definition) is 1. The number of rotatable bonds is 3. The number of hydrogen-bond acceptors (Lipinski definition) is 3. The highest BCUT2D eigenvalue weighted by atomic mass is 35.5. The summed E-state index contributed by atoms with van der Waals surface area (Å²) in [6, 6.07) is 17.4. The second kappa shape index (κ2) is 7.49. The number of nitrogens with two attached hydrogens (primary N) is 1. The van der Waals surface area contributed by atoms with Crippen LogP contribution >= 0.6 is 12.4 Å². The summed E-state index contributed by atoms with van der Waals surface area (Å²) >= 11 is 0. The molecule has 2 aromatic carbocycles. The van der Waals surface area contributed by atoms with E-state index < -0.39 is 0 Å². The fraction of sp³-hybridized carbons (Fsp3) is 0.278. The molecule has 1 saturated heterocycles. The molecule has 1 amide bonds. The van der Waals surface area contributed by atoms with Crippen molar-refractivity contribution in [3.63, 3.8) is 0 Å². The van der Waals surface area contributed by atoms with Crippen LogP contribution in [0.5, 0.6) is 5.75 Å². The van der Waals surface area contributed by atoms with Crippen LogP contribution < -0.4 is 10.5 Å². The molecule has 0 saturated carbocycles. The van der Waals surface area contributed by atoms with Gasteiger partial charge in [0.1, 0.15) is 5.75 Å².